The molecule has 3 aromatic rings. The predicted molar refractivity (Wildman–Crippen MR) is 109 cm³/mol. The zero-order valence-electron chi connectivity index (χ0n) is 15.6. The molecule has 1 aromatic heterocycles. The van der Waals surface area contributed by atoms with Gasteiger partial charge in [-0.3, -0.25) is 9.89 Å². The molecule has 2 heterocycles. The number of amides is 1. The molecule has 27 heavy (non-hydrogen) atoms. The fraction of sp³-hybridized carbons (Fsp3) is 0.286. The second-order valence-electron chi connectivity index (χ2n) is 6.98. The van der Waals surface area contributed by atoms with Crippen molar-refractivity contribution >= 4 is 23.4 Å². The molecule has 2 atom stereocenters. The largest absolute Gasteiger partial charge is 0.308 e. The number of aryl methyl sites for hydroxylation is 1. The first-order valence-corrected chi connectivity index (χ1v) is 9.98. The molecule has 138 valence electrons. The molecule has 2 aromatic carbocycles. The summed E-state index contributed by atoms with van der Waals surface area (Å²) in [6, 6.07) is 16.4. The van der Waals surface area contributed by atoms with Gasteiger partial charge in [-0.15, -0.1) is 5.10 Å². The molecule has 1 aliphatic heterocycles. The van der Waals surface area contributed by atoms with Gasteiger partial charge in [0.05, 0.1) is 5.25 Å². The van der Waals surface area contributed by atoms with Crippen LogP contribution in [0.1, 0.15) is 25.0 Å². The van der Waals surface area contributed by atoms with Crippen LogP contribution in [0, 0.1) is 6.92 Å². The molecule has 0 fully saturated rings. The number of thioether (sulfide) groups is 1. The molecule has 1 N–H and O–H groups in total. The molecule has 5 nitrogen and oxygen atoms in total. The highest BCUT2D eigenvalue weighted by Gasteiger charge is 2.33. The van der Waals surface area contributed by atoms with Crippen molar-refractivity contribution in [3.05, 3.63) is 59.7 Å². The van der Waals surface area contributed by atoms with Crippen LogP contribution in [0.2, 0.25) is 0 Å². The molecular weight excluding hydrogens is 356 g/mol. The summed E-state index contributed by atoms with van der Waals surface area (Å²) in [6.45, 7) is 6.07. The van der Waals surface area contributed by atoms with E-state index in [0.29, 0.717) is 5.16 Å². The Hall–Kier alpha value is -2.60. The number of H-pyrrole nitrogens is 1. The highest BCUT2D eigenvalue weighted by Crippen LogP contribution is 2.34. The number of aromatic nitrogens is 3. The number of aromatic amines is 1. The Kier molecular flexibility index (Phi) is 4.74. The van der Waals surface area contributed by atoms with E-state index >= 15 is 0 Å². The van der Waals surface area contributed by atoms with E-state index in [-0.39, 0.29) is 17.2 Å². The van der Waals surface area contributed by atoms with Gasteiger partial charge in [0, 0.05) is 17.3 Å². The fourth-order valence-electron chi connectivity index (χ4n) is 3.45. The van der Waals surface area contributed by atoms with Gasteiger partial charge in [0.25, 0.3) is 0 Å². The van der Waals surface area contributed by atoms with Gasteiger partial charge in [-0.25, -0.2) is 4.98 Å². The number of rotatable bonds is 4. The summed E-state index contributed by atoms with van der Waals surface area (Å²) in [4.78, 5) is 19.5. The van der Waals surface area contributed by atoms with E-state index in [1.165, 1.54) is 22.9 Å². The Labute approximate surface area is 163 Å². The van der Waals surface area contributed by atoms with Crippen molar-refractivity contribution < 1.29 is 4.79 Å². The van der Waals surface area contributed by atoms with Gasteiger partial charge in [0.15, 0.2) is 5.82 Å². The molecular formula is C21H22N4OS. The number of carbonyl (C=O) groups excluding carboxylic acids is 1. The van der Waals surface area contributed by atoms with E-state index in [0.717, 1.165) is 23.5 Å². The smallest absolute Gasteiger partial charge is 0.240 e. The maximum atomic E-state index is 13.1. The summed E-state index contributed by atoms with van der Waals surface area (Å²) in [5.74, 6) is 0.816. The second kappa shape index (κ2) is 7.19. The van der Waals surface area contributed by atoms with Crippen LogP contribution in [0.25, 0.3) is 11.4 Å². The van der Waals surface area contributed by atoms with Crippen molar-refractivity contribution in [3.8, 4) is 11.4 Å². The lowest BCUT2D eigenvalue weighted by molar-refractivity contribution is -0.118. The number of hydrogen-bond acceptors (Lipinski definition) is 4. The van der Waals surface area contributed by atoms with Gasteiger partial charge < -0.3 is 4.90 Å². The standard InChI is InChI=1S/C21H22N4OS/c1-13-8-10-16(11-9-13)19-22-21(24-23-19)27-15(3)20(26)25-14(2)12-17-6-4-5-7-18(17)25/h4-11,14-15H,12H2,1-3H3,(H,22,23,24)/t14-,15+/m0/s1. The third kappa shape index (κ3) is 3.49. The number of benzene rings is 2. The molecule has 0 unspecified atom stereocenters. The summed E-state index contributed by atoms with van der Waals surface area (Å²) in [6.07, 6.45) is 0.900. The SMILES string of the molecule is Cc1ccc(-c2nc(S[C@H](C)C(=O)N3c4ccccc4C[C@@H]3C)n[nH]2)cc1. The van der Waals surface area contributed by atoms with Crippen LogP contribution in [0.3, 0.4) is 0 Å². The Morgan fingerprint density at radius 1 is 1.22 bits per heavy atom. The van der Waals surface area contributed by atoms with E-state index in [1.54, 1.807) is 0 Å². The average molecular weight is 379 g/mol. The molecule has 1 amide bonds. The van der Waals surface area contributed by atoms with Gasteiger partial charge in [-0.1, -0.05) is 59.8 Å². The van der Waals surface area contributed by atoms with Crippen LogP contribution < -0.4 is 4.90 Å². The molecule has 0 aliphatic carbocycles. The Morgan fingerprint density at radius 2 is 1.96 bits per heavy atom. The van der Waals surface area contributed by atoms with Crippen LogP contribution in [-0.2, 0) is 11.2 Å². The van der Waals surface area contributed by atoms with Gasteiger partial charge in [-0.2, -0.15) is 0 Å². The van der Waals surface area contributed by atoms with Crippen molar-refractivity contribution in [2.24, 2.45) is 0 Å². The zero-order valence-corrected chi connectivity index (χ0v) is 16.5. The van der Waals surface area contributed by atoms with Gasteiger partial charge in [0.1, 0.15) is 0 Å². The lowest BCUT2D eigenvalue weighted by Crippen LogP contribution is -2.40. The maximum absolute atomic E-state index is 13.1. The summed E-state index contributed by atoms with van der Waals surface area (Å²) in [5.41, 5.74) is 4.45. The fourth-order valence-corrected chi connectivity index (χ4v) is 4.22. The van der Waals surface area contributed by atoms with Crippen molar-refractivity contribution in [1.29, 1.82) is 0 Å². The van der Waals surface area contributed by atoms with Crippen LogP contribution in [0.4, 0.5) is 5.69 Å². The molecule has 0 saturated heterocycles. The van der Waals surface area contributed by atoms with Crippen LogP contribution in [0.15, 0.2) is 53.7 Å². The lowest BCUT2D eigenvalue weighted by Gasteiger charge is -2.25. The van der Waals surface area contributed by atoms with Crippen molar-refractivity contribution in [1.82, 2.24) is 15.2 Å². The summed E-state index contributed by atoms with van der Waals surface area (Å²) in [7, 11) is 0. The number of fused-ring (bicyclic) bond motifs is 1. The number of para-hydroxylation sites is 1. The van der Waals surface area contributed by atoms with E-state index in [2.05, 4.69) is 35.1 Å². The minimum Gasteiger partial charge on any atom is -0.308 e. The van der Waals surface area contributed by atoms with E-state index in [9.17, 15) is 4.79 Å². The highest BCUT2D eigenvalue weighted by atomic mass is 32.2. The zero-order chi connectivity index (χ0) is 19.0. The minimum atomic E-state index is -0.264. The van der Waals surface area contributed by atoms with Crippen molar-refractivity contribution in [2.75, 3.05) is 4.90 Å². The second-order valence-corrected chi connectivity index (χ2v) is 8.29. The van der Waals surface area contributed by atoms with Gasteiger partial charge in [-0.05, 0) is 38.8 Å². The first kappa shape index (κ1) is 17.8. The molecule has 0 radical (unpaired) electrons. The summed E-state index contributed by atoms with van der Waals surface area (Å²) >= 11 is 1.39. The molecule has 6 heteroatoms. The molecule has 0 saturated carbocycles. The Bertz CT molecular complexity index is 966. The topological polar surface area (TPSA) is 61.9 Å². The van der Waals surface area contributed by atoms with Crippen molar-refractivity contribution in [2.45, 2.75) is 43.6 Å². The Balaban J connectivity index is 1.49. The predicted octanol–water partition coefficient (Wildman–Crippen LogP) is 4.24. The Morgan fingerprint density at radius 3 is 2.74 bits per heavy atom. The highest BCUT2D eigenvalue weighted by molar-refractivity contribution is 8.00. The minimum absolute atomic E-state index is 0.0964. The molecule has 1 aliphatic rings. The third-order valence-corrected chi connectivity index (χ3v) is 5.81. The lowest BCUT2D eigenvalue weighted by atomic mass is 10.1. The van der Waals surface area contributed by atoms with E-state index < -0.39 is 0 Å². The summed E-state index contributed by atoms with van der Waals surface area (Å²) < 4.78 is 0. The number of carbonyl (C=O) groups is 1. The van der Waals surface area contributed by atoms with Crippen LogP contribution in [0.5, 0.6) is 0 Å². The van der Waals surface area contributed by atoms with E-state index in [4.69, 9.17) is 0 Å². The average Bonchev–Trinajstić information content (AvgIpc) is 3.25. The number of hydrogen-bond donors (Lipinski definition) is 1. The maximum Gasteiger partial charge on any atom is 0.240 e. The first-order valence-electron chi connectivity index (χ1n) is 9.10. The monoisotopic (exact) mass is 378 g/mol. The van der Waals surface area contributed by atoms with Gasteiger partial charge >= 0.3 is 0 Å². The number of nitrogens with zero attached hydrogens (tertiary/aromatic N) is 3. The summed E-state index contributed by atoms with van der Waals surface area (Å²) in [5, 5.41) is 7.58. The number of nitrogens with one attached hydrogen (secondary N) is 1. The van der Waals surface area contributed by atoms with Crippen LogP contribution >= 0.6 is 11.8 Å². The normalized spacial score (nSPS) is 17.0. The first-order chi connectivity index (χ1) is 13.0. The molecule has 4 rings (SSSR count). The van der Waals surface area contributed by atoms with E-state index in [1.807, 2.05) is 54.3 Å². The third-order valence-electron chi connectivity index (χ3n) is 4.86. The van der Waals surface area contributed by atoms with Gasteiger partial charge in [0.2, 0.25) is 11.1 Å². The molecule has 0 spiro atoms. The van der Waals surface area contributed by atoms with Crippen LogP contribution in [-0.4, -0.2) is 32.4 Å². The quantitative estimate of drug-likeness (QED) is 0.690. The molecule has 0 bridgehead atoms. The van der Waals surface area contributed by atoms with Crippen molar-refractivity contribution in [3.63, 3.8) is 0 Å². The number of anilines is 1.